The van der Waals surface area contributed by atoms with Crippen molar-refractivity contribution in [2.75, 3.05) is 12.3 Å². The van der Waals surface area contributed by atoms with E-state index in [0.717, 1.165) is 6.42 Å². The Balaban J connectivity index is 2.29. The molecule has 2 heterocycles. The Kier molecular flexibility index (Phi) is 2.86. The number of aliphatic hydroxyl groups is 1. The molecule has 0 spiro atoms. The SMILES string of the molecule is Nc1nc2nc(CCCCO)[nH]c2c(=O)[nH]1. The zero-order chi connectivity index (χ0) is 11.5. The second-order valence-corrected chi connectivity index (χ2v) is 3.51. The minimum atomic E-state index is -0.316. The van der Waals surface area contributed by atoms with Gasteiger partial charge < -0.3 is 15.8 Å². The van der Waals surface area contributed by atoms with E-state index < -0.39 is 0 Å². The number of nitrogen functional groups attached to an aromatic ring is 1. The van der Waals surface area contributed by atoms with Gasteiger partial charge in [0.2, 0.25) is 5.95 Å². The molecule has 0 aliphatic rings. The van der Waals surface area contributed by atoms with Crippen molar-refractivity contribution in [2.24, 2.45) is 0 Å². The van der Waals surface area contributed by atoms with Crippen LogP contribution in [0.4, 0.5) is 5.95 Å². The van der Waals surface area contributed by atoms with Crippen LogP contribution in [0, 0.1) is 0 Å². The number of anilines is 1. The largest absolute Gasteiger partial charge is 0.396 e. The Hall–Kier alpha value is -1.89. The van der Waals surface area contributed by atoms with Crippen LogP contribution in [-0.2, 0) is 6.42 Å². The Bertz CT molecular complexity index is 544. The van der Waals surface area contributed by atoms with Gasteiger partial charge in [-0.2, -0.15) is 4.98 Å². The summed E-state index contributed by atoms with van der Waals surface area (Å²) >= 11 is 0. The molecule has 0 bridgehead atoms. The maximum atomic E-state index is 11.5. The number of nitrogens with two attached hydrogens (primary N) is 1. The number of nitrogens with one attached hydrogen (secondary N) is 2. The van der Waals surface area contributed by atoms with Gasteiger partial charge in [0.05, 0.1) is 0 Å². The van der Waals surface area contributed by atoms with Crippen molar-refractivity contribution in [1.29, 1.82) is 0 Å². The monoisotopic (exact) mass is 223 g/mol. The molecule has 0 amide bonds. The number of aryl methyl sites for hydroxylation is 1. The molecule has 0 saturated carbocycles. The molecule has 0 saturated heterocycles. The maximum absolute atomic E-state index is 11.5. The minimum Gasteiger partial charge on any atom is -0.396 e. The predicted octanol–water partition coefficient (Wildman–Crippen LogP) is -0.457. The summed E-state index contributed by atoms with van der Waals surface area (Å²) in [6.45, 7) is 0.159. The number of unbranched alkanes of at least 4 members (excludes halogenated alkanes) is 1. The minimum absolute atomic E-state index is 0.0610. The average molecular weight is 223 g/mol. The van der Waals surface area contributed by atoms with Crippen molar-refractivity contribution >= 4 is 17.1 Å². The van der Waals surface area contributed by atoms with E-state index in [2.05, 4.69) is 19.9 Å². The Morgan fingerprint density at radius 2 is 2.06 bits per heavy atom. The van der Waals surface area contributed by atoms with Crippen LogP contribution in [0.15, 0.2) is 4.79 Å². The van der Waals surface area contributed by atoms with E-state index in [4.69, 9.17) is 10.8 Å². The highest BCUT2D eigenvalue weighted by molar-refractivity contribution is 5.70. The van der Waals surface area contributed by atoms with E-state index in [-0.39, 0.29) is 18.1 Å². The number of hydrogen-bond acceptors (Lipinski definition) is 5. The zero-order valence-corrected chi connectivity index (χ0v) is 8.66. The van der Waals surface area contributed by atoms with Crippen molar-refractivity contribution in [3.05, 3.63) is 16.2 Å². The van der Waals surface area contributed by atoms with Gasteiger partial charge in [-0.1, -0.05) is 0 Å². The molecule has 0 aliphatic heterocycles. The van der Waals surface area contributed by atoms with Gasteiger partial charge in [-0.25, -0.2) is 4.98 Å². The zero-order valence-electron chi connectivity index (χ0n) is 8.66. The van der Waals surface area contributed by atoms with Crippen LogP contribution in [0.3, 0.4) is 0 Å². The number of aliphatic hydroxyl groups excluding tert-OH is 1. The molecule has 0 radical (unpaired) electrons. The fourth-order valence-corrected chi connectivity index (χ4v) is 1.49. The molecular weight excluding hydrogens is 210 g/mol. The van der Waals surface area contributed by atoms with E-state index in [1.807, 2.05) is 0 Å². The Labute approximate surface area is 90.7 Å². The lowest BCUT2D eigenvalue weighted by atomic mass is 10.2. The average Bonchev–Trinajstić information content (AvgIpc) is 2.61. The predicted molar refractivity (Wildman–Crippen MR) is 58.9 cm³/mol. The van der Waals surface area contributed by atoms with Crippen molar-refractivity contribution in [3.63, 3.8) is 0 Å². The number of aromatic amines is 2. The summed E-state index contributed by atoms with van der Waals surface area (Å²) in [5, 5.41) is 8.65. The molecule has 2 rings (SSSR count). The number of fused-ring (bicyclic) bond motifs is 1. The van der Waals surface area contributed by atoms with Crippen molar-refractivity contribution < 1.29 is 5.11 Å². The molecule has 7 nitrogen and oxygen atoms in total. The van der Waals surface area contributed by atoms with Gasteiger partial charge >= 0.3 is 0 Å². The summed E-state index contributed by atoms with van der Waals surface area (Å²) in [5.41, 5.74) is 5.76. The molecule has 0 unspecified atom stereocenters. The summed E-state index contributed by atoms with van der Waals surface area (Å²) < 4.78 is 0. The van der Waals surface area contributed by atoms with Crippen LogP contribution in [0.5, 0.6) is 0 Å². The van der Waals surface area contributed by atoms with E-state index in [0.29, 0.717) is 29.8 Å². The smallest absolute Gasteiger partial charge is 0.278 e. The van der Waals surface area contributed by atoms with Gasteiger partial charge in [-0.3, -0.25) is 9.78 Å². The molecule has 16 heavy (non-hydrogen) atoms. The van der Waals surface area contributed by atoms with Crippen LogP contribution in [0.2, 0.25) is 0 Å². The number of hydrogen-bond donors (Lipinski definition) is 4. The summed E-state index contributed by atoms with van der Waals surface area (Å²) in [5.74, 6) is 0.748. The number of aromatic nitrogens is 4. The van der Waals surface area contributed by atoms with Crippen LogP contribution in [-0.4, -0.2) is 31.6 Å². The first-order valence-corrected chi connectivity index (χ1v) is 5.06. The quantitative estimate of drug-likeness (QED) is 0.523. The number of nitrogens with zero attached hydrogens (tertiary/aromatic N) is 2. The van der Waals surface area contributed by atoms with Crippen molar-refractivity contribution in [2.45, 2.75) is 19.3 Å². The summed E-state index contributed by atoms with van der Waals surface area (Å²) in [4.78, 5) is 24.8. The van der Waals surface area contributed by atoms with Gasteiger partial charge in [-0.05, 0) is 12.8 Å². The molecule has 0 aliphatic carbocycles. The third-order valence-corrected chi connectivity index (χ3v) is 2.25. The lowest BCUT2D eigenvalue weighted by Gasteiger charge is -1.93. The highest BCUT2D eigenvalue weighted by atomic mass is 16.2. The molecule has 2 aromatic rings. The van der Waals surface area contributed by atoms with Gasteiger partial charge in [0.15, 0.2) is 11.2 Å². The van der Waals surface area contributed by atoms with E-state index in [1.165, 1.54) is 0 Å². The second kappa shape index (κ2) is 4.31. The first-order chi connectivity index (χ1) is 7.70. The Morgan fingerprint density at radius 3 is 2.81 bits per heavy atom. The Morgan fingerprint density at radius 1 is 1.25 bits per heavy atom. The molecule has 0 aromatic carbocycles. The van der Waals surface area contributed by atoms with Gasteiger partial charge in [-0.15, -0.1) is 0 Å². The first-order valence-electron chi connectivity index (χ1n) is 5.06. The fraction of sp³-hybridized carbons (Fsp3) is 0.444. The second-order valence-electron chi connectivity index (χ2n) is 3.51. The van der Waals surface area contributed by atoms with Gasteiger partial charge in [0.25, 0.3) is 5.56 Å². The molecule has 7 heteroatoms. The van der Waals surface area contributed by atoms with Gasteiger partial charge in [0, 0.05) is 13.0 Å². The molecule has 2 aromatic heterocycles. The standard InChI is InChI=1S/C9H13N5O2/c10-9-13-7-6(8(16)14-9)11-5(12-7)3-1-2-4-15/h15H,1-4H2,(H4,10,11,12,13,14,16). The first kappa shape index (κ1) is 10.6. The van der Waals surface area contributed by atoms with Crippen molar-refractivity contribution in [1.82, 2.24) is 19.9 Å². The van der Waals surface area contributed by atoms with Crippen LogP contribution >= 0.6 is 0 Å². The van der Waals surface area contributed by atoms with E-state index in [1.54, 1.807) is 0 Å². The van der Waals surface area contributed by atoms with Crippen LogP contribution in [0.1, 0.15) is 18.7 Å². The highest BCUT2D eigenvalue weighted by Crippen LogP contribution is 2.07. The highest BCUT2D eigenvalue weighted by Gasteiger charge is 2.07. The number of rotatable bonds is 4. The topological polar surface area (TPSA) is 121 Å². The summed E-state index contributed by atoms with van der Waals surface area (Å²) in [7, 11) is 0. The molecule has 5 N–H and O–H groups in total. The van der Waals surface area contributed by atoms with Crippen LogP contribution < -0.4 is 11.3 Å². The molecular formula is C9H13N5O2. The third kappa shape index (κ3) is 2.03. The lowest BCUT2D eigenvalue weighted by Crippen LogP contribution is -2.10. The van der Waals surface area contributed by atoms with Crippen LogP contribution in [0.25, 0.3) is 11.2 Å². The maximum Gasteiger partial charge on any atom is 0.278 e. The van der Waals surface area contributed by atoms with E-state index >= 15 is 0 Å². The third-order valence-electron chi connectivity index (χ3n) is 2.25. The van der Waals surface area contributed by atoms with E-state index in [9.17, 15) is 4.79 Å². The fourth-order valence-electron chi connectivity index (χ4n) is 1.49. The number of imidazole rings is 1. The molecule has 86 valence electrons. The number of H-pyrrole nitrogens is 2. The summed E-state index contributed by atoms with van der Waals surface area (Å²) in [6.07, 6.45) is 2.20. The lowest BCUT2D eigenvalue weighted by molar-refractivity contribution is 0.284. The molecule has 0 fully saturated rings. The molecule has 0 atom stereocenters. The normalized spacial score (nSPS) is 11.1. The summed E-state index contributed by atoms with van der Waals surface area (Å²) in [6, 6.07) is 0. The van der Waals surface area contributed by atoms with Gasteiger partial charge in [0.1, 0.15) is 5.82 Å². The van der Waals surface area contributed by atoms with Crippen molar-refractivity contribution in [3.8, 4) is 0 Å².